The van der Waals surface area contributed by atoms with Crippen molar-refractivity contribution >= 4 is 12.6 Å². The van der Waals surface area contributed by atoms with E-state index in [1.165, 1.54) is 0 Å². The van der Waals surface area contributed by atoms with Crippen molar-refractivity contribution in [3.8, 4) is 5.75 Å². The van der Waals surface area contributed by atoms with Gasteiger partial charge in [0, 0.05) is 0 Å². The number of rotatable bonds is 1. The summed E-state index contributed by atoms with van der Waals surface area (Å²) < 4.78 is 43.8. The summed E-state index contributed by atoms with van der Waals surface area (Å²) in [5, 5.41) is 18.3. The average molecular weight is 260 g/mol. The van der Waals surface area contributed by atoms with Gasteiger partial charge in [-0.25, -0.2) is 0 Å². The van der Waals surface area contributed by atoms with Crippen LogP contribution in [-0.2, 0) is 12.6 Å². The molecule has 0 amide bonds. The molecule has 18 heavy (non-hydrogen) atoms. The highest BCUT2D eigenvalue weighted by atomic mass is 19.4. The third kappa shape index (κ3) is 2.20. The maximum atomic E-state index is 12.9. The quantitative estimate of drug-likeness (QED) is 0.741. The fraction of sp³-hybridized carbons (Fsp3) is 0.455. The van der Waals surface area contributed by atoms with Crippen LogP contribution in [0, 0.1) is 6.92 Å². The Morgan fingerprint density at radius 1 is 1.33 bits per heavy atom. The maximum Gasteiger partial charge on any atom is 0.488 e. The van der Waals surface area contributed by atoms with E-state index in [9.17, 15) is 13.2 Å². The number of ether oxygens (including phenoxy) is 1. The Balaban J connectivity index is 2.69. The number of alkyl halides is 3. The SMILES string of the molecule is Cc1c(B(O)O)cc(C(F)(F)F)c2c1CCCO2. The Morgan fingerprint density at radius 3 is 2.56 bits per heavy atom. The minimum Gasteiger partial charge on any atom is -0.493 e. The highest BCUT2D eigenvalue weighted by Gasteiger charge is 2.38. The van der Waals surface area contributed by atoms with Crippen LogP contribution in [0.15, 0.2) is 6.07 Å². The van der Waals surface area contributed by atoms with Gasteiger partial charge >= 0.3 is 13.3 Å². The van der Waals surface area contributed by atoms with Crippen LogP contribution in [0.4, 0.5) is 13.2 Å². The second-order valence-corrected chi connectivity index (χ2v) is 4.27. The first kappa shape index (κ1) is 13.2. The van der Waals surface area contributed by atoms with Gasteiger partial charge in [-0.3, -0.25) is 0 Å². The van der Waals surface area contributed by atoms with E-state index in [4.69, 9.17) is 14.8 Å². The molecule has 1 aliphatic rings. The summed E-state index contributed by atoms with van der Waals surface area (Å²) in [5.41, 5.74) is -0.190. The molecule has 3 nitrogen and oxygen atoms in total. The molecule has 2 N–H and O–H groups in total. The summed E-state index contributed by atoms with van der Waals surface area (Å²) in [5.74, 6) is -0.171. The van der Waals surface area contributed by atoms with Crippen molar-refractivity contribution in [2.24, 2.45) is 0 Å². The Morgan fingerprint density at radius 2 is 2.00 bits per heavy atom. The molecule has 0 bridgehead atoms. The molecule has 0 unspecified atom stereocenters. The monoisotopic (exact) mass is 260 g/mol. The van der Waals surface area contributed by atoms with Crippen molar-refractivity contribution in [1.29, 1.82) is 0 Å². The standard InChI is InChI=1S/C11H12BF3O3/c1-6-7-3-2-4-18-10(7)8(11(13,14)15)5-9(6)12(16)17/h5,16-17H,2-4H2,1H3. The first-order chi connectivity index (χ1) is 8.32. The molecule has 1 heterocycles. The summed E-state index contributed by atoms with van der Waals surface area (Å²) in [7, 11) is -1.92. The van der Waals surface area contributed by atoms with E-state index in [1.807, 2.05) is 0 Å². The highest BCUT2D eigenvalue weighted by Crippen LogP contribution is 2.40. The predicted octanol–water partition coefficient (Wildman–Crippen LogP) is 1.02. The second-order valence-electron chi connectivity index (χ2n) is 4.27. The minimum absolute atomic E-state index is 0.119. The normalized spacial score (nSPS) is 15.0. The fourth-order valence-electron chi connectivity index (χ4n) is 2.20. The van der Waals surface area contributed by atoms with Gasteiger partial charge in [-0.1, -0.05) is 0 Å². The van der Waals surface area contributed by atoms with Gasteiger partial charge in [0.25, 0.3) is 0 Å². The third-order valence-electron chi connectivity index (χ3n) is 3.11. The van der Waals surface area contributed by atoms with E-state index < -0.39 is 18.9 Å². The van der Waals surface area contributed by atoms with Crippen LogP contribution in [0.5, 0.6) is 5.75 Å². The summed E-state index contributed by atoms with van der Waals surface area (Å²) in [6.07, 6.45) is -3.50. The summed E-state index contributed by atoms with van der Waals surface area (Å²) in [6, 6.07) is 0.754. The lowest BCUT2D eigenvalue weighted by molar-refractivity contribution is -0.139. The largest absolute Gasteiger partial charge is 0.493 e. The second kappa shape index (κ2) is 4.48. The molecule has 98 valence electrons. The van der Waals surface area contributed by atoms with Crippen molar-refractivity contribution in [2.75, 3.05) is 6.61 Å². The molecule has 1 aromatic carbocycles. The van der Waals surface area contributed by atoms with Crippen LogP contribution in [0.3, 0.4) is 0 Å². The first-order valence-corrected chi connectivity index (χ1v) is 5.55. The lowest BCUT2D eigenvalue weighted by atomic mass is 9.74. The third-order valence-corrected chi connectivity index (χ3v) is 3.11. The summed E-state index contributed by atoms with van der Waals surface area (Å²) in [4.78, 5) is 0. The molecule has 0 fully saturated rings. The molecule has 0 atom stereocenters. The van der Waals surface area contributed by atoms with Gasteiger partial charge in [0.2, 0.25) is 0 Å². The zero-order valence-corrected chi connectivity index (χ0v) is 9.71. The number of fused-ring (bicyclic) bond motifs is 1. The Hall–Kier alpha value is -1.21. The number of hydrogen-bond donors (Lipinski definition) is 2. The first-order valence-electron chi connectivity index (χ1n) is 5.55. The van der Waals surface area contributed by atoms with Crippen molar-refractivity contribution in [2.45, 2.75) is 25.9 Å². The molecular formula is C11H12BF3O3. The van der Waals surface area contributed by atoms with E-state index in [1.54, 1.807) is 6.92 Å². The van der Waals surface area contributed by atoms with E-state index in [0.29, 0.717) is 24.0 Å². The van der Waals surface area contributed by atoms with Gasteiger partial charge < -0.3 is 14.8 Å². The van der Waals surface area contributed by atoms with Gasteiger partial charge in [0.05, 0.1) is 12.2 Å². The fourth-order valence-corrected chi connectivity index (χ4v) is 2.20. The van der Waals surface area contributed by atoms with Crippen LogP contribution in [0.2, 0.25) is 0 Å². The van der Waals surface area contributed by atoms with Crippen LogP contribution in [0.25, 0.3) is 0 Å². The number of benzene rings is 1. The van der Waals surface area contributed by atoms with Crippen LogP contribution in [0.1, 0.15) is 23.1 Å². The Kier molecular flexibility index (Phi) is 3.29. The Bertz CT molecular complexity index is 472. The maximum absolute atomic E-state index is 12.9. The Labute approximate surface area is 102 Å². The molecule has 0 aromatic heterocycles. The summed E-state index contributed by atoms with van der Waals surface area (Å²) >= 11 is 0. The zero-order valence-electron chi connectivity index (χ0n) is 9.71. The van der Waals surface area contributed by atoms with Gasteiger partial charge in [0.15, 0.2) is 0 Å². The van der Waals surface area contributed by atoms with E-state index in [-0.39, 0.29) is 17.8 Å². The molecule has 0 aliphatic carbocycles. The number of hydrogen-bond acceptors (Lipinski definition) is 3. The van der Waals surface area contributed by atoms with E-state index in [0.717, 1.165) is 6.07 Å². The molecule has 2 rings (SSSR count). The van der Waals surface area contributed by atoms with Gasteiger partial charge in [-0.2, -0.15) is 13.2 Å². The molecule has 7 heteroatoms. The topological polar surface area (TPSA) is 49.7 Å². The molecule has 0 spiro atoms. The lowest BCUT2D eigenvalue weighted by Gasteiger charge is -2.25. The van der Waals surface area contributed by atoms with Gasteiger partial charge in [-0.05, 0) is 42.4 Å². The van der Waals surface area contributed by atoms with Crippen LogP contribution in [-0.4, -0.2) is 23.8 Å². The summed E-state index contributed by atoms with van der Waals surface area (Å²) in [6.45, 7) is 1.82. The lowest BCUT2D eigenvalue weighted by Crippen LogP contribution is -2.35. The molecule has 0 radical (unpaired) electrons. The molecular weight excluding hydrogens is 248 g/mol. The highest BCUT2D eigenvalue weighted by molar-refractivity contribution is 6.59. The molecule has 1 aromatic rings. The van der Waals surface area contributed by atoms with Crippen molar-refractivity contribution < 1.29 is 28.0 Å². The predicted molar refractivity (Wildman–Crippen MR) is 59.8 cm³/mol. The molecule has 0 saturated heterocycles. The minimum atomic E-state index is -4.57. The van der Waals surface area contributed by atoms with Gasteiger partial charge in [0.1, 0.15) is 5.75 Å². The smallest absolute Gasteiger partial charge is 0.488 e. The zero-order chi connectivity index (χ0) is 13.5. The van der Waals surface area contributed by atoms with Crippen molar-refractivity contribution in [1.82, 2.24) is 0 Å². The van der Waals surface area contributed by atoms with Crippen molar-refractivity contribution in [3.05, 3.63) is 22.8 Å². The van der Waals surface area contributed by atoms with Crippen LogP contribution < -0.4 is 10.2 Å². The van der Waals surface area contributed by atoms with Crippen molar-refractivity contribution in [3.63, 3.8) is 0 Å². The molecule has 1 aliphatic heterocycles. The van der Waals surface area contributed by atoms with E-state index in [2.05, 4.69) is 0 Å². The number of halogens is 3. The van der Waals surface area contributed by atoms with Crippen LogP contribution >= 0.6 is 0 Å². The molecule has 0 saturated carbocycles. The average Bonchev–Trinajstić information content (AvgIpc) is 2.27. The van der Waals surface area contributed by atoms with E-state index >= 15 is 0 Å². The van der Waals surface area contributed by atoms with Gasteiger partial charge in [-0.15, -0.1) is 0 Å².